The smallest absolute Gasteiger partial charge is 0.251 e. The predicted molar refractivity (Wildman–Crippen MR) is 82.1 cm³/mol. The summed E-state index contributed by atoms with van der Waals surface area (Å²) in [6.45, 7) is 3.43. The summed E-state index contributed by atoms with van der Waals surface area (Å²) in [5.74, 6) is 0.0737. The van der Waals surface area contributed by atoms with E-state index in [1.165, 1.54) is 6.92 Å². The van der Waals surface area contributed by atoms with Gasteiger partial charge in [0.2, 0.25) is 0 Å². The highest BCUT2D eigenvalue weighted by molar-refractivity contribution is 5.94. The van der Waals surface area contributed by atoms with Gasteiger partial charge in [-0.15, -0.1) is 0 Å². The third-order valence-corrected chi connectivity index (χ3v) is 3.26. The van der Waals surface area contributed by atoms with Crippen molar-refractivity contribution >= 4 is 17.5 Å². The largest absolute Gasteiger partial charge is 0.350 e. The van der Waals surface area contributed by atoms with Crippen LogP contribution in [0.1, 0.15) is 56.3 Å². The van der Waals surface area contributed by atoms with Crippen LogP contribution >= 0.6 is 0 Å². The minimum Gasteiger partial charge on any atom is -0.350 e. The topological polar surface area (TPSA) is 63.2 Å². The zero-order valence-electron chi connectivity index (χ0n) is 12.7. The molecule has 114 valence electrons. The van der Waals surface area contributed by atoms with Crippen molar-refractivity contribution in [3.8, 4) is 0 Å². The molecule has 0 saturated heterocycles. The molecule has 1 rings (SSSR count). The molecule has 0 spiro atoms. The van der Waals surface area contributed by atoms with E-state index < -0.39 is 0 Å². The van der Waals surface area contributed by atoms with Crippen molar-refractivity contribution in [3.63, 3.8) is 0 Å². The maximum absolute atomic E-state index is 11.9. The van der Waals surface area contributed by atoms with Crippen molar-refractivity contribution in [3.05, 3.63) is 35.9 Å². The summed E-state index contributed by atoms with van der Waals surface area (Å²) in [5, 5.41) is 2.92. The standard InChI is InChI=1S/C17H23NO3/c1-13(7-6-10-16(20)12-11-14(2)19)18-17(21)15-8-4-3-5-9-15/h3-5,8-9,13H,6-7,10-12H2,1-2H3,(H,18,21)/t13-/m0/s1. The predicted octanol–water partition coefficient (Wildman–Crippen LogP) is 2.91. The molecular formula is C17H23NO3. The Morgan fingerprint density at radius 2 is 1.71 bits per heavy atom. The second-order valence-electron chi connectivity index (χ2n) is 5.37. The van der Waals surface area contributed by atoms with Crippen LogP contribution in [0, 0.1) is 0 Å². The van der Waals surface area contributed by atoms with Gasteiger partial charge < -0.3 is 10.1 Å². The van der Waals surface area contributed by atoms with Crippen LogP contribution in [0.4, 0.5) is 0 Å². The van der Waals surface area contributed by atoms with Crippen LogP contribution in [0.5, 0.6) is 0 Å². The molecule has 1 atom stereocenters. The lowest BCUT2D eigenvalue weighted by atomic mass is 10.0. The number of carbonyl (C=O) groups excluding carboxylic acids is 3. The Hall–Kier alpha value is -1.97. The number of Topliss-reactive ketones (excluding diaryl/α,β-unsaturated/α-hetero) is 2. The molecule has 0 radical (unpaired) electrons. The van der Waals surface area contributed by atoms with Gasteiger partial charge in [-0.3, -0.25) is 9.59 Å². The fourth-order valence-electron chi connectivity index (χ4n) is 2.01. The summed E-state index contributed by atoms with van der Waals surface area (Å²) < 4.78 is 0. The Bertz CT molecular complexity index is 482. The molecule has 0 heterocycles. The van der Waals surface area contributed by atoms with Crippen molar-refractivity contribution < 1.29 is 14.4 Å². The number of carbonyl (C=O) groups is 3. The van der Waals surface area contributed by atoms with E-state index in [2.05, 4.69) is 5.32 Å². The fraction of sp³-hybridized carbons (Fsp3) is 0.471. The van der Waals surface area contributed by atoms with E-state index >= 15 is 0 Å². The van der Waals surface area contributed by atoms with Gasteiger partial charge >= 0.3 is 0 Å². The van der Waals surface area contributed by atoms with Crippen molar-refractivity contribution in [1.82, 2.24) is 5.32 Å². The normalized spacial score (nSPS) is 11.7. The lowest BCUT2D eigenvalue weighted by Crippen LogP contribution is -2.32. The van der Waals surface area contributed by atoms with Gasteiger partial charge in [0.15, 0.2) is 0 Å². The van der Waals surface area contributed by atoms with Gasteiger partial charge in [0.05, 0.1) is 0 Å². The van der Waals surface area contributed by atoms with E-state index in [4.69, 9.17) is 0 Å². The zero-order valence-corrected chi connectivity index (χ0v) is 12.7. The first-order valence-electron chi connectivity index (χ1n) is 7.36. The minimum absolute atomic E-state index is 0.0262. The number of nitrogens with one attached hydrogen (secondary N) is 1. The number of amides is 1. The van der Waals surface area contributed by atoms with E-state index in [0.29, 0.717) is 24.8 Å². The Kier molecular flexibility index (Phi) is 7.37. The van der Waals surface area contributed by atoms with Crippen LogP contribution in [0.3, 0.4) is 0 Å². The molecule has 0 bridgehead atoms. The molecule has 4 heteroatoms. The van der Waals surface area contributed by atoms with Crippen molar-refractivity contribution in [1.29, 1.82) is 0 Å². The molecule has 0 aromatic heterocycles. The van der Waals surface area contributed by atoms with Gasteiger partial charge in [-0.2, -0.15) is 0 Å². The van der Waals surface area contributed by atoms with Gasteiger partial charge in [0, 0.05) is 30.9 Å². The van der Waals surface area contributed by atoms with Gasteiger partial charge in [-0.05, 0) is 38.8 Å². The lowest BCUT2D eigenvalue weighted by Gasteiger charge is -2.13. The van der Waals surface area contributed by atoms with Crippen molar-refractivity contribution in [2.75, 3.05) is 0 Å². The second-order valence-corrected chi connectivity index (χ2v) is 5.37. The average molecular weight is 289 g/mol. The third-order valence-electron chi connectivity index (χ3n) is 3.26. The highest BCUT2D eigenvalue weighted by atomic mass is 16.2. The third kappa shape index (κ3) is 7.40. The molecular weight excluding hydrogens is 266 g/mol. The van der Waals surface area contributed by atoms with Crippen LogP contribution in [0.25, 0.3) is 0 Å². The molecule has 4 nitrogen and oxygen atoms in total. The first-order chi connectivity index (χ1) is 9.99. The maximum Gasteiger partial charge on any atom is 0.251 e. The molecule has 0 unspecified atom stereocenters. The molecule has 0 aliphatic heterocycles. The monoisotopic (exact) mass is 289 g/mol. The number of hydrogen-bond donors (Lipinski definition) is 1. The van der Waals surface area contributed by atoms with Crippen LogP contribution in [-0.2, 0) is 9.59 Å². The fourth-order valence-corrected chi connectivity index (χ4v) is 2.01. The summed E-state index contributed by atoms with van der Waals surface area (Å²) in [4.78, 5) is 34.2. The SMILES string of the molecule is CC(=O)CCC(=O)CCC[C@H](C)NC(=O)c1ccccc1. The van der Waals surface area contributed by atoms with E-state index in [1.54, 1.807) is 12.1 Å². The van der Waals surface area contributed by atoms with E-state index in [0.717, 1.165) is 12.8 Å². The lowest BCUT2D eigenvalue weighted by molar-refractivity contribution is -0.123. The number of hydrogen-bond acceptors (Lipinski definition) is 3. The molecule has 0 aliphatic carbocycles. The van der Waals surface area contributed by atoms with Crippen molar-refractivity contribution in [2.45, 2.75) is 52.0 Å². The first kappa shape index (κ1) is 17.1. The van der Waals surface area contributed by atoms with Gasteiger partial charge in [0.25, 0.3) is 5.91 Å². The quantitative estimate of drug-likeness (QED) is 0.760. The number of benzene rings is 1. The first-order valence-corrected chi connectivity index (χ1v) is 7.36. The molecule has 21 heavy (non-hydrogen) atoms. The van der Waals surface area contributed by atoms with Crippen LogP contribution < -0.4 is 5.32 Å². The highest BCUT2D eigenvalue weighted by Crippen LogP contribution is 2.06. The molecule has 0 aliphatic rings. The van der Waals surface area contributed by atoms with Gasteiger partial charge in [-0.25, -0.2) is 0 Å². The Morgan fingerprint density at radius 1 is 1.05 bits per heavy atom. The summed E-state index contributed by atoms with van der Waals surface area (Å²) in [7, 11) is 0. The Morgan fingerprint density at radius 3 is 2.33 bits per heavy atom. The Balaban J connectivity index is 2.22. The highest BCUT2D eigenvalue weighted by Gasteiger charge is 2.10. The zero-order chi connectivity index (χ0) is 15.7. The summed E-state index contributed by atoms with van der Waals surface area (Å²) in [6, 6.07) is 9.09. The average Bonchev–Trinajstić information content (AvgIpc) is 2.46. The van der Waals surface area contributed by atoms with Crippen LogP contribution in [0.2, 0.25) is 0 Å². The van der Waals surface area contributed by atoms with Crippen LogP contribution in [-0.4, -0.2) is 23.5 Å². The van der Waals surface area contributed by atoms with Crippen LogP contribution in [0.15, 0.2) is 30.3 Å². The van der Waals surface area contributed by atoms with E-state index in [1.807, 2.05) is 25.1 Å². The van der Waals surface area contributed by atoms with Gasteiger partial charge in [-0.1, -0.05) is 18.2 Å². The molecule has 0 fully saturated rings. The van der Waals surface area contributed by atoms with E-state index in [-0.39, 0.29) is 23.5 Å². The molecule has 1 aromatic carbocycles. The molecule has 0 saturated carbocycles. The number of ketones is 2. The van der Waals surface area contributed by atoms with Crippen molar-refractivity contribution in [2.24, 2.45) is 0 Å². The summed E-state index contributed by atoms with van der Waals surface area (Å²) in [6.07, 6.45) is 2.62. The summed E-state index contributed by atoms with van der Waals surface area (Å²) in [5.41, 5.74) is 0.641. The number of rotatable bonds is 9. The minimum atomic E-state index is -0.0917. The second kappa shape index (κ2) is 9.06. The molecule has 1 aromatic rings. The summed E-state index contributed by atoms with van der Waals surface area (Å²) >= 11 is 0. The van der Waals surface area contributed by atoms with Gasteiger partial charge in [0.1, 0.15) is 11.6 Å². The van der Waals surface area contributed by atoms with E-state index in [9.17, 15) is 14.4 Å². The maximum atomic E-state index is 11.9. The molecule has 1 amide bonds. The Labute approximate surface area is 125 Å². The molecule has 1 N–H and O–H groups in total.